The average molecular weight is 648 g/mol. The molecular formula is C31H28IrN2O-2. The number of hydrogen-bond donors (Lipinski definition) is 0. The number of fused-ring (bicyclic) bond motifs is 1. The molecule has 0 N–H and O–H groups in total. The van der Waals surface area contributed by atoms with Crippen LogP contribution in [0.3, 0.4) is 0 Å². The second-order valence-electron chi connectivity index (χ2n) is 7.35. The second-order valence-corrected chi connectivity index (χ2v) is 7.35. The SMILES string of the molecule is [2H]C([2H])([2H])C1=CN=C(c2[c-]cc(C([2H])([2H])[2H])cc2)CC1.[2H]c1c(C([2H])([2H])[2H])cnc(-c2[c-]cccc3ccccc3oc2)c1[2H].[Ir]. The van der Waals surface area contributed by atoms with Crippen LogP contribution in [0.1, 0.15) is 51.5 Å². The molecule has 0 saturated carbocycles. The van der Waals surface area contributed by atoms with Crippen molar-refractivity contribution < 1.29 is 39.6 Å². The third kappa shape index (κ3) is 7.58. The molecule has 4 aromatic rings. The molecule has 1 radical (unpaired) electrons. The number of nitrogens with zero attached hydrogens (tertiary/aromatic N) is 2. The maximum Gasteiger partial charge on any atom is 0.120 e. The number of benzene rings is 2. The topological polar surface area (TPSA) is 38.4 Å². The van der Waals surface area contributed by atoms with Crippen molar-refractivity contribution in [1.82, 2.24) is 4.98 Å². The van der Waals surface area contributed by atoms with E-state index in [0.717, 1.165) is 17.3 Å². The Morgan fingerprint density at radius 3 is 2.57 bits per heavy atom. The summed E-state index contributed by atoms with van der Waals surface area (Å²) < 4.78 is 87.8. The van der Waals surface area contributed by atoms with Crippen LogP contribution in [0.4, 0.5) is 0 Å². The molecule has 0 saturated heterocycles. The molecule has 35 heavy (non-hydrogen) atoms. The van der Waals surface area contributed by atoms with Crippen LogP contribution in [0.25, 0.3) is 22.2 Å². The molecule has 179 valence electrons. The van der Waals surface area contributed by atoms with Gasteiger partial charge >= 0.3 is 0 Å². The molecular weight excluding hydrogens is 609 g/mol. The fourth-order valence-electron chi connectivity index (χ4n) is 3.10. The molecule has 0 amide bonds. The molecule has 2 aromatic carbocycles. The van der Waals surface area contributed by atoms with E-state index >= 15 is 0 Å². The summed E-state index contributed by atoms with van der Waals surface area (Å²) in [4.78, 5) is 8.23. The van der Waals surface area contributed by atoms with E-state index in [2.05, 4.69) is 22.1 Å². The first-order valence-corrected chi connectivity index (χ1v) is 10.5. The normalized spacial score (nSPS) is 18.0. The van der Waals surface area contributed by atoms with Gasteiger partial charge in [-0.05, 0) is 49.6 Å². The standard InChI is InChI=1S/C18H14NO.C13H14N.Ir/c1-14-10-11-17(19-12-14)16-8-3-2-6-15-7-4-5-9-18(15)20-13-16;1-10-3-6-12(7-4-10)13-8-5-11(2)9-14-13;/h2-7,9-13H,1H3;3-4,6,9H,5,8H2,1-2H3;/q2*-1;/i1D3,10D,11D;1D3,2D3;. The minimum absolute atomic E-state index is 0. The van der Waals surface area contributed by atoms with Crippen LogP contribution in [0.15, 0.2) is 106 Å². The molecule has 0 spiro atoms. The van der Waals surface area contributed by atoms with E-state index in [0.29, 0.717) is 35.1 Å². The zero-order chi connectivity index (χ0) is 33.0. The van der Waals surface area contributed by atoms with Crippen molar-refractivity contribution in [2.75, 3.05) is 0 Å². The van der Waals surface area contributed by atoms with E-state index in [4.69, 9.17) is 19.5 Å². The quantitative estimate of drug-likeness (QED) is 0.207. The summed E-state index contributed by atoms with van der Waals surface area (Å²) in [5.74, 6) is 0. The number of aliphatic imine (C=N–C) groups is 1. The van der Waals surface area contributed by atoms with Crippen LogP contribution in [-0.2, 0) is 20.1 Å². The van der Waals surface area contributed by atoms with Gasteiger partial charge in [-0.3, -0.25) is 0 Å². The van der Waals surface area contributed by atoms with Gasteiger partial charge in [0.25, 0.3) is 0 Å². The number of hydrogen-bond acceptors (Lipinski definition) is 3. The third-order valence-corrected chi connectivity index (χ3v) is 4.86. The summed E-state index contributed by atoms with van der Waals surface area (Å²) in [7, 11) is 0. The molecule has 0 fully saturated rings. The molecule has 4 heteroatoms. The van der Waals surface area contributed by atoms with Gasteiger partial charge in [0.15, 0.2) is 0 Å². The van der Waals surface area contributed by atoms with Gasteiger partial charge in [0.05, 0.1) is 2.74 Å². The number of aromatic nitrogens is 1. The molecule has 0 bridgehead atoms. The minimum atomic E-state index is -2.48. The first kappa shape index (κ1) is 14.9. The van der Waals surface area contributed by atoms with E-state index in [-0.39, 0.29) is 49.0 Å². The maximum absolute atomic E-state index is 8.11. The summed E-state index contributed by atoms with van der Waals surface area (Å²) in [5, 5.41) is 0.885. The monoisotopic (exact) mass is 648 g/mol. The Bertz CT molecular complexity index is 1790. The number of pyridine rings is 1. The molecule has 5 rings (SSSR count). The van der Waals surface area contributed by atoms with Crippen molar-refractivity contribution in [3.63, 3.8) is 0 Å². The fraction of sp³-hybridized carbons (Fsp3) is 0.161. The second kappa shape index (κ2) is 12.9. The van der Waals surface area contributed by atoms with Crippen LogP contribution in [0, 0.1) is 25.8 Å². The van der Waals surface area contributed by atoms with Crippen LogP contribution in [-0.4, -0.2) is 10.7 Å². The Balaban J connectivity index is 0.000000251. The molecule has 3 nitrogen and oxygen atoms in total. The van der Waals surface area contributed by atoms with Gasteiger partial charge in [0.1, 0.15) is 5.58 Å². The van der Waals surface area contributed by atoms with Gasteiger partial charge in [0, 0.05) is 56.5 Å². The number of allylic oxidation sites excluding steroid dienone is 1. The summed E-state index contributed by atoms with van der Waals surface area (Å²) in [6.45, 7) is -6.72. The van der Waals surface area contributed by atoms with Crippen LogP contribution in [0.2, 0.25) is 0 Å². The Labute approximate surface area is 236 Å². The summed E-state index contributed by atoms with van der Waals surface area (Å²) in [6, 6.07) is 22.6. The van der Waals surface area contributed by atoms with Crippen LogP contribution < -0.4 is 0 Å². The molecule has 2 aromatic heterocycles. The Morgan fingerprint density at radius 2 is 1.80 bits per heavy atom. The van der Waals surface area contributed by atoms with Crippen molar-refractivity contribution in [1.29, 1.82) is 0 Å². The van der Waals surface area contributed by atoms with Crippen molar-refractivity contribution >= 4 is 16.7 Å². The van der Waals surface area contributed by atoms with Crippen molar-refractivity contribution in [2.24, 2.45) is 4.99 Å². The predicted octanol–water partition coefficient (Wildman–Crippen LogP) is 8.01. The fourth-order valence-corrected chi connectivity index (χ4v) is 3.10. The Morgan fingerprint density at radius 1 is 0.914 bits per heavy atom. The van der Waals surface area contributed by atoms with Crippen LogP contribution in [0.5, 0.6) is 0 Å². The maximum atomic E-state index is 8.11. The molecule has 1 aliphatic rings. The van der Waals surface area contributed by atoms with E-state index in [1.807, 2.05) is 30.3 Å². The zero-order valence-corrected chi connectivity index (χ0v) is 21.0. The van der Waals surface area contributed by atoms with Gasteiger partial charge in [-0.1, -0.05) is 54.3 Å². The molecule has 3 heterocycles. The van der Waals surface area contributed by atoms with Crippen molar-refractivity contribution in [2.45, 2.75) is 33.4 Å². The first-order valence-electron chi connectivity index (χ1n) is 16.0. The van der Waals surface area contributed by atoms with Gasteiger partial charge < -0.3 is 14.4 Å². The number of para-hydroxylation sites is 1. The Hall–Kier alpha value is -3.33. The van der Waals surface area contributed by atoms with Gasteiger partial charge in [-0.25, -0.2) is 0 Å². The summed E-state index contributed by atoms with van der Waals surface area (Å²) in [5.41, 5.74) is 2.90. The Kier molecular flexibility index (Phi) is 5.52. The van der Waals surface area contributed by atoms with Gasteiger partial charge in [-0.15, -0.1) is 53.6 Å². The molecule has 0 aliphatic carbocycles. The van der Waals surface area contributed by atoms with Crippen molar-refractivity contribution in [3.8, 4) is 11.3 Å². The van der Waals surface area contributed by atoms with E-state index in [1.165, 1.54) is 24.6 Å². The molecule has 0 unspecified atom stereocenters. The average Bonchev–Trinajstić information content (AvgIpc) is 3.08. The largest absolute Gasteiger partial charge is 0.508 e. The summed E-state index contributed by atoms with van der Waals surface area (Å²) in [6.07, 6.45) is 4.86. The first-order chi connectivity index (χ1) is 21.1. The number of rotatable bonds is 2. The zero-order valence-electron chi connectivity index (χ0n) is 29.6. The van der Waals surface area contributed by atoms with E-state index < -0.39 is 20.6 Å². The van der Waals surface area contributed by atoms with Crippen molar-refractivity contribution in [3.05, 3.63) is 126 Å². The van der Waals surface area contributed by atoms with Crippen LogP contribution >= 0.6 is 0 Å². The molecule has 0 atom stereocenters. The van der Waals surface area contributed by atoms with Gasteiger partial charge in [0.2, 0.25) is 0 Å². The smallest absolute Gasteiger partial charge is 0.120 e. The predicted molar refractivity (Wildman–Crippen MR) is 140 cm³/mol. The van der Waals surface area contributed by atoms with E-state index in [1.54, 1.807) is 18.2 Å². The molecule has 1 aliphatic heterocycles. The van der Waals surface area contributed by atoms with E-state index in [9.17, 15) is 0 Å². The van der Waals surface area contributed by atoms with Gasteiger partial charge in [-0.2, -0.15) is 0 Å². The summed E-state index contributed by atoms with van der Waals surface area (Å²) >= 11 is 0. The minimum Gasteiger partial charge on any atom is -0.508 e. The third-order valence-electron chi connectivity index (χ3n) is 4.86. The number of aryl methyl sites for hydroxylation is 2.